The highest BCUT2D eigenvalue weighted by Crippen LogP contribution is 2.02. The first-order valence-corrected chi connectivity index (χ1v) is 4.67. The molecule has 0 amide bonds. The van der Waals surface area contributed by atoms with Crippen LogP contribution in [0.15, 0.2) is 12.4 Å². The summed E-state index contributed by atoms with van der Waals surface area (Å²) in [6.07, 6.45) is 6.38. The average molecular weight is 180 g/mol. The third-order valence-corrected chi connectivity index (χ3v) is 1.96. The maximum absolute atomic E-state index is 4.39. The molecule has 13 heavy (non-hydrogen) atoms. The van der Waals surface area contributed by atoms with Crippen LogP contribution in [0.4, 0.5) is 5.95 Å². The summed E-state index contributed by atoms with van der Waals surface area (Å²) in [6, 6.07) is 0. The van der Waals surface area contributed by atoms with Gasteiger partial charge in [0.2, 0.25) is 0 Å². The molecule has 0 unspecified atom stereocenters. The van der Waals surface area contributed by atoms with Crippen molar-refractivity contribution in [3.05, 3.63) is 18.0 Å². The quantitative estimate of drug-likeness (QED) is 0.645. The van der Waals surface area contributed by atoms with Crippen LogP contribution in [0.3, 0.4) is 0 Å². The second-order valence-corrected chi connectivity index (χ2v) is 3.52. The summed E-state index contributed by atoms with van der Waals surface area (Å²) in [4.78, 5) is 6.39. The lowest BCUT2D eigenvalue weighted by Gasteiger charge is -2.07. The van der Waals surface area contributed by atoms with E-state index in [1.54, 1.807) is 0 Å². The Morgan fingerprint density at radius 2 is 2.15 bits per heavy atom. The summed E-state index contributed by atoms with van der Waals surface area (Å²) in [7, 11) is 6.03. The van der Waals surface area contributed by atoms with Crippen LogP contribution in [0.25, 0.3) is 0 Å². The lowest BCUT2D eigenvalue weighted by molar-refractivity contribution is -0.661. The van der Waals surface area contributed by atoms with Crippen LogP contribution in [-0.2, 0) is 13.5 Å². The van der Waals surface area contributed by atoms with Crippen molar-refractivity contribution < 1.29 is 4.57 Å². The monoisotopic (exact) mass is 180 g/mol. The van der Waals surface area contributed by atoms with E-state index in [1.165, 1.54) is 12.0 Å². The van der Waals surface area contributed by atoms with Crippen molar-refractivity contribution in [1.82, 2.24) is 4.98 Å². The molecule has 1 heterocycles. The van der Waals surface area contributed by atoms with Gasteiger partial charge in [-0.25, -0.2) is 4.57 Å². The van der Waals surface area contributed by atoms with Gasteiger partial charge in [0.25, 0.3) is 0 Å². The summed E-state index contributed by atoms with van der Waals surface area (Å²) in [5.74, 6) is 0.986. The van der Waals surface area contributed by atoms with Crippen molar-refractivity contribution in [2.75, 3.05) is 19.0 Å². The molecule has 3 heteroatoms. The molecule has 0 bridgehead atoms. The molecular weight excluding hydrogens is 162 g/mol. The van der Waals surface area contributed by atoms with Crippen molar-refractivity contribution in [1.29, 1.82) is 0 Å². The molecule has 1 aromatic rings. The molecule has 0 aliphatic rings. The van der Waals surface area contributed by atoms with E-state index in [0.29, 0.717) is 0 Å². The zero-order chi connectivity index (χ0) is 9.84. The predicted octanol–water partition coefficient (Wildman–Crippen LogP) is 0.925. The van der Waals surface area contributed by atoms with Gasteiger partial charge in [0.15, 0.2) is 0 Å². The molecule has 0 saturated heterocycles. The van der Waals surface area contributed by atoms with E-state index in [0.717, 1.165) is 12.4 Å². The second-order valence-electron chi connectivity index (χ2n) is 3.52. The minimum absolute atomic E-state index is 0.986. The number of hydrogen-bond acceptors (Lipinski definition) is 2. The molecule has 1 rings (SSSR count). The van der Waals surface area contributed by atoms with Gasteiger partial charge in [-0.15, -0.1) is 0 Å². The minimum atomic E-state index is 0.986. The van der Waals surface area contributed by atoms with Crippen molar-refractivity contribution >= 4 is 5.95 Å². The van der Waals surface area contributed by atoms with Crippen LogP contribution in [-0.4, -0.2) is 19.1 Å². The standard InChI is InChI=1S/C10H18N3/c1-5-6-9-7-11-10(12(2)3)13(4)8-9/h7-8H,5-6H2,1-4H3/q+1. The maximum Gasteiger partial charge on any atom is 0.393 e. The largest absolute Gasteiger partial charge is 0.393 e. The van der Waals surface area contributed by atoms with Crippen LogP contribution in [0.1, 0.15) is 18.9 Å². The fourth-order valence-corrected chi connectivity index (χ4v) is 1.42. The third kappa shape index (κ3) is 2.41. The van der Waals surface area contributed by atoms with Gasteiger partial charge < -0.3 is 0 Å². The molecule has 0 aliphatic heterocycles. The van der Waals surface area contributed by atoms with Crippen LogP contribution in [0, 0.1) is 0 Å². The van der Waals surface area contributed by atoms with Gasteiger partial charge in [-0.3, -0.25) is 4.90 Å². The van der Waals surface area contributed by atoms with Gasteiger partial charge >= 0.3 is 5.95 Å². The normalized spacial score (nSPS) is 10.2. The van der Waals surface area contributed by atoms with Crippen LogP contribution in [0.5, 0.6) is 0 Å². The molecule has 0 saturated carbocycles. The number of anilines is 1. The Balaban J connectivity index is 2.92. The highest BCUT2D eigenvalue weighted by molar-refractivity contribution is 5.19. The Kier molecular flexibility index (Phi) is 3.23. The fourth-order valence-electron chi connectivity index (χ4n) is 1.42. The van der Waals surface area contributed by atoms with Crippen molar-refractivity contribution in [2.45, 2.75) is 19.8 Å². The van der Waals surface area contributed by atoms with E-state index in [2.05, 4.69) is 22.7 Å². The van der Waals surface area contributed by atoms with Crippen molar-refractivity contribution in [3.63, 3.8) is 0 Å². The molecule has 0 radical (unpaired) electrons. The topological polar surface area (TPSA) is 20.0 Å². The summed E-state index contributed by atoms with van der Waals surface area (Å²) < 4.78 is 2.06. The first-order chi connectivity index (χ1) is 6.15. The predicted molar refractivity (Wildman–Crippen MR) is 53.7 cm³/mol. The van der Waals surface area contributed by atoms with E-state index >= 15 is 0 Å². The van der Waals surface area contributed by atoms with E-state index in [9.17, 15) is 0 Å². The molecular formula is C10H18N3+. The molecule has 0 spiro atoms. The second kappa shape index (κ2) is 4.21. The first kappa shape index (κ1) is 9.96. The fraction of sp³-hybridized carbons (Fsp3) is 0.600. The Morgan fingerprint density at radius 1 is 1.46 bits per heavy atom. The molecule has 3 nitrogen and oxygen atoms in total. The SMILES string of the molecule is CCCc1cnc(N(C)C)[n+](C)c1. The zero-order valence-corrected chi connectivity index (χ0v) is 8.91. The molecule has 0 fully saturated rings. The number of nitrogens with zero attached hydrogens (tertiary/aromatic N) is 3. The number of rotatable bonds is 3. The summed E-state index contributed by atoms with van der Waals surface area (Å²) in [6.45, 7) is 2.18. The molecule has 72 valence electrons. The van der Waals surface area contributed by atoms with Crippen LogP contribution in [0.2, 0.25) is 0 Å². The van der Waals surface area contributed by atoms with E-state index in [-0.39, 0.29) is 0 Å². The van der Waals surface area contributed by atoms with Crippen LogP contribution >= 0.6 is 0 Å². The number of hydrogen-bond donors (Lipinski definition) is 0. The molecule has 0 N–H and O–H groups in total. The minimum Gasteiger partial charge on any atom is -0.267 e. The van der Waals surface area contributed by atoms with Gasteiger partial charge in [0.1, 0.15) is 6.20 Å². The molecule has 1 aromatic heterocycles. The Bertz CT molecular complexity index is 281. The lowest BCUT2D eigenvalue weighted by Crippen LogP contribution is -2.37. The Morgan fingerprint density at radius 3 is 2.62 bits per heavy atom. The van der Waals surface area contributed by atoms with Crippen LogP contribution < -0.4 is 9.47 Å². The highest BCUT2D eigenvalue weighted by atomic mass is 15.3. The summed E-state index contributed by atoms with van der Waals surface area (Å²) in [5, 5.41) is 0. The van der Waals surface area contributed by atoms with Gasteiger partial charge in [0, 0.05) is 5.56 Å². The van der Waals surface area contributed by atoms with E-state index < -0.39 is 0 Å². The first-order valence-electron chi connectivity index (χ1n) is 4.67. The van der Waals surface area contributed by atoms with Crippen molar-refractivity contribution in [3.8, 4) is 0 Å². The lowest BCUT2D eigenvalue weighted by atomic mass is 10.2. The Hall–Kier alpha value is -1.12. The Labute approximate surface area is 80.0 Å². The molecule has 0 aromatic carbocycles. The third-order valence-electron chi connectivity index (χ3n) is 1.96. The maximum atomic E-state index is 4.39. The van der Waals surface area contributed by atoms with Gasteiger partial charge in [-0.2, -0.15) is 0 Å². The zero-order valence-electron chi connectivity index (χ0n) is 8.91. The summed E-state index contributed by atoms with van der Waals surface area (Å²) in [5.41, 5.74) is 1.30. The van der Waals surface area contributed by atoms with E-state index in [4.69, 9.17) is 0 Å². The summed E-state index contributed by atoms with van der Waals surface area (Å²) >= 11 is 0. The smallest absolute Gasteiger partial charge is 0.267 e. The molecule has 0 atom stereocenters. The van der Waals surface area contributed by atoms with Gasteiger partial charge in [0.05, 0.1) is 27.3 Å². The number of aromatic nitrogens is 2. The van der Waals surface area contributed by atoms with Gasteiger partial charge in [-0.05, 0) is 6.42 Å². The highest BCUT2D eigenvalue weighted by Gasteiger charge is 2.10. The number of aryl methyl sites for hydroxylation is 2. The molecule has 0 aliphatic carbocycles. The average Bonchev–Trinajstić information content (AvgIpc) is 2.04. The van der Waals surface area contributed by atoms with Crippen molar-refractivity contribution in [2.24, 2.45) is 7.05 Å². The van der Waals surface area contributed by atoms with E-state index in [1.807, 2.05) is 32.2 Å². The van der Waals surface area contributed by atoms with Gasteiger partial charge in [-0.1, -0.05) is 18.3 Å².